The molecule has 0 aliphatic carbocycles. The van der Waals surface area contributed by atoms with Crippen LogP contribution >= 0.6 is 0 Å². The predicted octanol–water partition coefficient (Wildman–Crippen LogP) is 3.78. The Bertz CT molecular complexity index is 579. The van der Waals surface area contributed by atoms with Crippen LogP contribution in [0.5, 0.6) is 5.75 Å². The normalized spacial score (nSPS) is 10.7. The molecule has 1 heterocycles. The molecule has 0 fully saturated rings. The number of anilines is 1. The summed E-state index contributed by atoms with van der Waals surface area (Å²) in [5.41, 5.74) is 2.07. The smallest absolute Gasteiger partial charge is 0.161 e. The van der Waals surface area contributed by atoms with Gasteiger partial charge in [-0.1, -0.05) is 13.8 Å². The van der Waals surface area contributed by atoms with Crippen molar-refractivity contribution >= 4 is 5.82 Å². The maximum absolute atomic E-state index is 5.19. The molecule has 1 N–H and O–H groups in total. The Balaban J connectivity index is 2.37. The van der Waals surface area contributed by atoms with Gasteiger partial charge in [-0.05, 0) is 43.5 Å². The number of hydrogen-bond donors (Lipinski definition) is 1. The zero-order valence-corrected chi connectivity index (χ0v) is 13.2. The van der Waals surface area contributed by atoms with Crippen LogP contribution < -0.4 is 10.1 Å². The van der Waals surface area contributed by atoms with Gasteiger partial charge in [0.25, 0.3) is 0 Å². The number of nitrogens with zero attached hydrogens (tertiary/aromatic N) is 2. The Morgan fingerprint density at radius 1 is 1.14 bits per heavy atom. The molecule has 1 aromatic heterocycles. The highest BCUT2D eigenvalue weighted by Gasteiger charge is 2.08. The molecule has 2 rings (SSSR count). The molecule has 0 radical (unpaired) electrons. The minimum atomic E-state index is 0.568. The molecule has 2 aromatic rings. The summed E-state index contributed by atoms with van der Waals surface area (Å²) in [5, 5.41) is 3.28. The Kier molecular flexibility index (Phi) is 5.14. The van der Waals surface area contributed by atoms with Crippen molar-refractivity contribution in [2.75, 3.05) is 19.0 Å². The van der Waals surface area contributed by atoms with E-state index < -0.39 is 0 Å². The molecule has 0 aliphatic rings. The molecule has 0 spiro atoms. The standard InChI is InChI=1S/C17H23N3O/c1-5-18-16-11-14(10-12(2)3)19-17(20-16)13-6-8-15(21-4)9-7-13/h6-9,11-12H,5,10H2,1-4H3,(H,18,19,20). The first kappa shape index (κ1) is 15.3. The van der Waals surface area contributed by atoms with Crippen LogP contribution in [0.1, 0.15) is 26.5 Å². The van der Waals surface area contributed by atoms with Gasteiger partial charge in [0, 0.05) is 23.9 Å². The van der Waals surface area contributed by atoms with Gasteiger partial charge in [0.2, 0.25) is 0 Å². The van der Waals surface area contributed by atoms with Gasteiger partial charge < -0.3 is 10.1 Å². The second-order valence-corrected chi connectivity index (χ2v) is 5.42. The van der Waals surface area contributed by atoms with Crippen molar-refractivity contribution in [1.82, 2.24) is 9.97 Å². The van der Waals surface area contributed by atoms with Crippen molar-refractivity contribution in [3.8, 4) is 17.1 Å². The quantitative estimate of drug-likeness (QED) is 0.877. The second-order valence-electron chi connectivity index (χ2n) is 5.42. The van der Waals surface area contributed by atoms with Crippen LogP contribution in [-0.2, 0) is 6.42 Å². The summed E-state index contributed by atoms with van der Waals surface area (Å²) in [6.07, 6.45) is 0.948. The van der Waals surface area contributed by atoms with E-state index in [1.807, 2.05) is 30.3 Å². The van der Waals surface area contributed by atoms with E-state index in [-0.39, 0.29) is 0 Å². The van der Waals surface area contributed by atoms with Gasteiger partial charge in [0.15, 0.2) is 5.82 Å². The molecule has 0 atom stereocenters. The lowest BCUT2D eigenvalue weighted by atomic mass is 10.1. The molecule has 1 aromatic carbocycles. The lowest BCUT2D eigenvalue weighted by molar-refractivity contribution is 0.415. The molecule has 0 saturated heterocycles. The molecular weight excluding hydrogens is 262 g/mol. The van der Waals surface area contributed by atoms with Gasteiger partial charge in [-0.15, -0.1) is 0 Å². The van der Waals surface area contributed by atoms with Crippen molar-refractivity contribution in [3.63, 3.8) is 0 Å². The highest BCUT2D eigenvalue weighted by atomic mass is 16.5. The first-order chi connectivity index (χ1) is 10.1. The first-order valence-corrected chi connectivity index (χ1v) is 7.38. The van der Waals surface area contributed by atoms with Crippen LogP contribution in [0.3, 0.4) is 0 Å². The van der Waals surface area contributed by atoms with Gasteiger partial charge >= 0.3 is 0 Å². The number of benzene rings is 1. The van der Waals surface area contributed by atoms with Crippen LogP contribution in [-0.4, -0.2) is 23.6 Å². The Morgan fingerprint density at radius 3 is 2.43 bits per heavy atom. The highest BCUT2D eigenvalue weighted by molar-refractivity contribution is 5.58. The van der Waals surface area contributed by atoms with E-state index in [4.69, 9.17) is 4.74 Å². The van der Waals surface area contributed by atoms with Gasteiger partial charge in [0.1, 0.15) is 11.6 Å². The van der Waals surface area contributed by atoms with Gasteiger partial charge in [-0.3, -0.25) is 0 Å². The van der Waals surface area contributed by atoms with E-state index in [0.717, 1.165) is 41.6 Å². The zero-order chi connectivity index (χ0) is 15.2. The van der Waals surface area contributed by atoms with Crippen LogP contribution in [0, 0.1) is 5.92 Å². The van der Waals surface area contributed by atoms with Crippen LogP contribution in [0.25, 0.3) is 11.4 Å². The summed E-state index contributed by atoms with van der Waals surface area (Å²) in [7, 11) is 1.66. The highest BCUT2D eigenvalue weighted by Crippen LogP contribution is 2.22. The van der Waals surface area contributed by atoms with Crippen molar-refractivity contribution < 1.29 is 4.74 Å². The van der Waals surface area contributed by atoms with E-state index in [1.54, 1.807) is 7.11 Å². The zero-order valence-electron chi connectivity index (χ0n) is 13.2. The van der Waals surface area contributed by atoms with E-state index in [0.29, 0.717) is 5.92 Å². The summed E-state index contributed by atoms with van der Waals surface area (Å²) in [6, 6.07) is 9.88. The third-order valence-corrected chi connectivity index (χ3v) is 3.10. The van der Waals surface area contributed by atoms with E-state index in [1.165, 1.54) is 0 Å². The van der Waals surface area contributed by atoms with Crippen LogP contribution in [0.4, 0.5) is 5.82 Å². The average Bonchev–Trinajstić information content (AvgIpc) is 2.47. The monoisotopic (exact) mass is 285 g/mol. The third-order valence-electron chi connectivity index (χ3n) is 3.10. The van der Waals surface area contributed by atoms with Crippen molar-refractivity contribution in [2.45, 2.75) is 27.2 Å². The fourth-order valence-electron chi connectivity index (χ4n) is 2.16. The minimum absolute atomic E-state index is 0.568. The Labute approximate surface area is 126 Å². The molecule has 0 bridgehead atoms. The second kappa shape index (κ2) is 7.07. The van der Waals surface area contributed by atoms with E-state index in [9.17, 15) is 0 Å². The first-order valence-electron chi connectivity index (χ1n) is 7.38. The third kappa shape index (κ3) is 4.18. The fraction of sp³-hybridized carbons (Fsp3) is 0.412. The maximum atomic E-state index is 5.19. The number of aromatic nitrogens is 2. The number of methoxy groups -OCH3 is 1. The molecule has 21 heavy (non-hydrogen) atoms. The summed E-state index contributed by atoms with van der Waals surface area (Å²) in [4.78, 5) is 9.28. The SMILES string of the molecule is CCNc1cc(CC(C)C)nc(-c2ccc(OC)cc2)n1. The molecular formula is C17H23N3O. The van der Waals surface area contributed by atoms with Crippen molar-refractivity contribution in [2.24, 2.45) is 5.92 Å². The number of rotatable bonds is 6. The van der Waals surface area contributed by atoms with Crippen LogP contribution in [0.15, 0.2) is 30.3 Å². The molecule has 0 unspecified atom stereocenters. The maximum Gasteiger partial charge on any atom is 0.161 e. The van der Waals surface area contributed by atoms with Crippen molar-refractivity contribution in [3.05, 3.63) is 36.0 Å². The lowest BCUT2D eigenvalue weighted by Crippen LogP contribution is -2.06. The largest absolute Gasteiger partial charge is 0.497 e. The van der Waals surface area contributed by atoms with Gasteiger partial charge in [-0.2, -0.15) is 0 Å². The molecule has 4 heteroatoms. The number of hydrogen-bond acceptors (Lipinski definition) is 4. The lowest BCUT2D eigenvalue weighted by Gasteiger charge is -2.11. The molecule has 112 valence electrons. The predicted molar refractivity (Wildman–Crippen MR) is 86.7 cm³/mol. The fourth-order valence-corrected chi connectivity index (χ4v) is 2.16. The summed E-state index contributed by atoms with van der Waals surface area (Å²) in [6.45, 7) is 7.31. The number of nitrogens with one attached hydrogen (secondary N) is 1. The van der Waals surface area contributed by atoms with Gasteiger partial charge in [0.05, 0.1) is 7.11 Å². The minimum Gasteiger partial charge on any atom is -0.497 e. The van der Waals surface area contributed by atoms with Crippen molar-refractivity contribution in [1.29, 1.82) is 0 Å². The average molecular weight is 285 g/mol. The molecule has 0 aliphatic heterocycles. The van der Waals surface area contributed by atoms with E-state index in [2.05, 4.69) is 36.1 Å². The molecule has 0 saturated carbocycles. The summed E-state index contributed by atoms with van der Waals surface area (Å²) >= 11 is 0. The molecule has 0 amide bonds. The van der Waals surface area contributed by atoms with E-state index >= 15 is 0 Å². The number of ether oxygens (including phenoxy) is 1. The Morgan fingerprint density at radius 2 is 1.86 bits per heavy atom. The summed E-state index contributed by atoms with van der Waals surface area (Å²) < 4.78 is 5.19. The summed E-state index contributed by atoms with van der Waals surface area (Å²) in [5.74, 6) is 3.04. The Hall–Kier alpha value is -2.10. The van der Waals surface area contributed by atoms with Gasteiger partial charge in [-0.25, -0.2) is 9.97 Å². The van der Waals surface area contributed by atoms with Crippen LogP contribution in [0.2, 0.25) is 0 Å². The topological polar surface area (TPSA) is 47.0 Å². The molecule has 4 nitrogen and oxygen atoms in total.